The highest BCUT2D eigenvalue weighted by molar-refractivity contribution is 14.1. The maximum absolute atomic E-state index is 4.02. The topological polar surface area (TPSA) is 43.1 Å². The molecule has 50 valence electrons. The van der Waals surface area contributed by atoms with Gasteiger partial charge in [0.15, 0.2) is 5.65 Å². The molecule has 0 bridgehead atoms. The lowest BCUT2D eigenvalue weighted by molar-refractivity contribution is 0.891. The minimum Gasteiger partial charge on any atom is -0.225 e. The Morgan fingerprint density at radius 2 is 2.40 bits per heavy atom. The molecule has 0 aliphatic carbocycles. The molecule has 0 amide bonds. The van der Waals surface area contributed by atoms with Crippen molar-refractivity contribution in [2.75, 3.05) is 0 Å². The van der Waals surface area contributed by atoms with Gasteiger partial charge in [-0.3, -0.25) is 0 Å². The summed E-state index contributed by atoms with van der Waals surface area (Å²) in [6.45, 7) is 0. The Bertz CT molecular complexity index is 355. The van der Waals surface area contributed by atoms with E-state index in [4.69, 9.17) is 0 Å². The molecule has 2 heterocycles. The van der Waals surface area contributed by atoms with Gasteiger partial charge in [-0.25, -0.2) is 14.5 Å². The molecule has 0 fully saturated rings. The molecule has 10 heavy (non-hydrogen) atoms. The highest BCUT2D eigenvalue weighted by Crippen LogP contribution is 2.07. The van der Waals surface area contributed by atoms with E-state index in [0.717, 1.165) is 9.22 Å². The van der Waals surface area contributed by atoms with E-state index in [1.807, 2.05) is 0 Å². The second-order valence-electron chi connectivity index (χ2n) is 1.77. The Kier molecular flexibility index (Phi) is 1.30. The SMILES string of the molecule is Ic1cnn2cncnc12. The number of aromatic nitrogens is 4. The van der Waals surface area contributed by atoms with Gasteiger partial charge in [-0.2, -0.15) is 5.10 Å². The summed E-state index contributed by atoms with van der Waals surface area (Å²) in [6.07, 6.45) is 4.90. The Hall–Kier alpha value is -0.720. The largest absolute Gasteiger partial charge is 0.225 e. The summed E-state index contributed by atoms with van der Waals surface area (Å²) in [5.41, 5.74) is 0.857. The lowest BCUT2D eigenvalue weighted by Gasteiger charge is -1.86. The third-order valence-electron chi connectivity index (χ3n) is 1.15. The van der Waals surface area contributed by atoms with E-state index in [0.29, 0.717) is 0 Å². The number of rotatable bonds is 0. The first-order valence-corrected chi connectivity index (χ1v) is 3.74. The zero-order valence-electron chi connectivity index (χ0n) is 4.90. The fourth-order valence-corrected chi connectivity index (χ4v) is 1.23. The minimum atomic E-state index is 0.857. The van der Waals surface area contributed by atoms with Crippen LogP contribution >= 0.6 is 22.6 Å². The van der Waals surface area contributed by atoms with E-state index >= 15 is 0 Å². The van der Waals surface area contributed by atoms with Crippen LogP contribution < -0.4 is 0 Å². The molecule has 0 saturated carbocycles. The van der Waals surface area contributed by atoms with Crippen molar-refractivity contribution in [3.63, 3.8) is 0 Å². The van der Waals surface area contributed by atoms with E-state index < -0.39 is 0 Å². The molecule has 2 aromatic rings. The molecule has 0 aliphatic heterocycles. The fraction of sp³-hybridized carbons (Fsp3) is 0. The maximum Gasteiger partial charge on any atom is 0.171 e. The Morgan fingerprint density at radius 3 is 3.20 bits per heavy atom. The molecule has 0 aromatic carbocycles. The Labute approximate surface area is 70.4 Å². The van der Waals surface area contributed by atoms with Crippen LogP contribution in [0.3, 0.4) is 0 Å². The predicted octanol–water partition coefficient (Wildman–Crippen LogP) is 0.729. The van der Waals surface area contributed by atoms with E-state index in [-0.39, 0.29) is 0 Å². The molecule has 2 aromatic heterocycles. The lowest BCUT2D eigenvalue weighted by Crippen LogP contribution is -1.90. The quantitative estimate of drug-likeness (QED) is 0.643. The van der Waals surface area contributed by atoms with Gasteiger partial charge in [0.1, 0.15) is 12.7 Å². The number of hydrogen-bond acceptors (Lipinski definition) is 3. The summed E-state index contributed by atoms with van der Waals surface area (Å²) in [4.78, 5) is 7.83. The van der Waals surface area contributed by atoms with Crippen molar-refractivity contribution in [3.05, 3.63) is 22.4 Å². The Balaban J connectivity index is 2.93. The van der Waals surface area contributed by atoms with Gasteiger partial charge in [0, 0.05) is 0 Å². The van der Waals surface area contributed by atoms with Crippen molar-refractivity contribution in [3.8, 4) is 0 Å². The number of halogens is 1. The van der Waals surface area contributed by atoms with Crippen molar-refractivity contribution in [1.82, 2.24) is 19.6 Å². The predicted molar refractivity (Wildman–Crippen MR) is 43.5 cm³/mol. The third-order valence-corrected chi connectivity index (χ3v) is 1.91. The highest BCUT2D eigenvalue weighted by atomic mass is 127. The van der Waals surface area contributed by atoms with Crippen LogP contribution in [0.5, 0.6) is 0 Å². The molecule has 0 N–H and O–H groups in total. The molecule has 0 atom stereocenters. The second-order valence-corrected chi connectivity index (χ2v) is 2.93. The third kappa shape index (κ3) is 0.772. The molecule has 0 radical (unpaired) electrons. The first-order valence-electron chi connectivity index (χ1n) is 2.67. The van der Waals surface area contributed by atoms with E-state index in [1.54, 1.807) is 17.0 Å². The average Bonchev–Trinajstić information content (AvgIpc) is 2.34. The van der Waals surface area contributed by atoms with Crippen molar-refractivity contribution in [1.29, 1.82) is 0 Å². The molecule has 4 nitrogen and oxygen atoms in total. The van der Waals surface area contributed by atoms with Crippen molar-refractivity contribution < 1.29 is 0 Å². The van der Waals surface area contributed by atoms with Crippen LogP contribution in [-0.2, 0) is 0 Å². The second kappa shape index (κ2) is 2.15. The Morgan fingerprint density at radius 1 is 1.50 bits per heavy atom. The highest BCUT2D eigenvalue weighted by Gasteiger charge is 1.98. The van der Waals surface area contributed by atoms with Gasteiger partial charge in [-0.1, -0.05) is 0 Å². The summed E-state index contributed by atoms with van der Waals surface area (Å²) in [6, 6.07) is 0. The molecule has 0 saturated heterocycles. The fourth-order valence-electron chi connectivity index (χ4n) is 0.721. The summed E-state index contributed by atoms with van der Waals surface area (Å²) in [5.74, 6) is 0. The smallest absolute Gasteiger partial charge is 0.171 e. The molecule has 5 heteroatoms. The molecular formula is C5H3IN4. The van der Waals surface area contributed by atoms with Crippen molar-refractivity contribution in [2.45, 2.75) is 0 Å². The minimum absolute atomic E-state index is 0.857. The monoisotopic (exact) mass is 246 g/mol. The molecule has 0 spiro atoms. The zero-order valence-corrected chi connectivity index (χ0v) is 7.06. The van der Waals surface area contributed by atoms with Crippen LogP contribution in [0.1, 0.15) is 0 Å². The van der Waals surface area contributed by atoms with Crippen LogP contribution in [0.4, 0.5) is 0 Å². The van der Waals surface area contributed by atoms with Crippen LogP contribution in [0.15, 0.2) is 18.9 Å². The van der Waals surface area contributed by atoms with Gasteiger partial charge in [0.2, 0.25) is 0 Å². The van der Waals surface area contributed by atoms with Gasteiger partial charge < -0.3 is 0 Å². The van der Waals surface area contributed by atoms with E-state index in [1.165, 1.54) is 6.33 Å². The van der Waals surface area contributed by atoms with Crippen molar-refractivity contribution in [2.24, 2.45) is 0 Å². The molecule has 0 aliphatic rings. The molecule has 0 unspecified atom stereocenters. The molecule has 2 rings (SSSR count). The van der Waals surface area contributed by atoms with Gasteiger partial charge in [0.05, 0.1) is 9.77 Å². The zero-order chi connectivity index (χ0) is 6.97. The van der Waals surface area contributed by atoms with Crippen LogP contribution in [0.2, 0.25) is 0 Å². The van der Waals surface area contributed by atoms with Gasteiger partial charge in [-0.15, -0.1) is 0 Å². The first-order chi connectivity index (χ1) is 4.88. The summed E-state index contributed by atoms with van der Waals surface area (Å²) in [5, 5.41) is 4.00. The van der Waals surface area contributed by atoms with Crippen molar-refractivity contribution >= 4 is 28.2 Å². The van der Waals surface area contributed by atoms with Crippen LogP contribution in [0, 0.1) is 3.57 Å². The standard InChI is InChI=1S/C5H3IN4/c6-4-1-9-10-3-7-2-8-5(4)10/h1-3H. The number of hydrogen-bond donors (Lipinski definition) is 0. The lowest BCUT2D eigenvalue weighted by atomic mass is 10.7. The summed E-state index contributed by atoms with van der Waals surface area (Å²) in [7, 11) is 0. The van der Waals surface area contributed by atoms with Gasteiger partial charge >= 0.3 is 0 Å². The normalized spacial score (nSPS) is 10.5. The maximum atomic E-state index is 4.02. The van der Waals surface area contributed by atoms with Gasteiger partial charge in [0.25, 0.3) is 0 Å². The van der Waals surface area contributed by atoms with Crippen LogP contribution in [-0.4, -0.2) is 19.6 Å². The number of fused-ring (bicyclic) bond motifs is 1. The number of nitrogens with zero attached hydrogens (tertiary/aromatic N) is 4. The summed E-state index contributed by atoms with van der Waals surface area (Å²) < 4.78 is 2.68. The summed E-state index contributed by atoms with van der Waals surface area (Å²) >= 11 is 2.18. The van der Waals surface area contributed by atoms with E-state index in [2.05, 4.69) is 37.7 Å². The average molecular weight is 246 g/mol. The molecular weight excluding hydrogens is 243 g/mol. The van der Waals surface area contributed by atoms with Crippen LogP contribution in [0.25, 0.3) is 5.65 Å². The van der Waals surface area contributed by atoms with E-state index in [9.17, 15) is 0 Å². The first kappa shape index (κ1) is 6.02. The van der Waals surface area contributed by atoms with Gasteiger partial charge in [-0.05, 0) is 22.6 Å².